The monoisotopic (exact) mass is 269 g/mol. The number of anilines is 2. The van der Waals surface area contributed by atoms with Crippen LogP contribution in [0.3, 0.4) is 0 Å². The van der Waals surface area contributed by atoms with Crippen molar-refractivity contribution in [1.82, 2.24) is 9.97 Å². The van der Waals surface area contributed by atoms with Crippen molar-refractivity contribution in [2.75, 3.05) is 30.8 Å². The van der Waals surface area contributed by atoms with Crippen LogP contribution in [0.25, 0.3) is 0 Å². The quantitative estimate of drug-likeness (QED) is 0.397. The fourth-order valence-electron chi connectivity index (χ4n) is 1.43. The van der Waals surface area contributed by atoms with Gasteiger partial charge in [0.2, 0.25) is 11.6 Å². The summed E-state index contributed by atoms with van der Waals surface area (Å²) in [5, 5.41) is 13.7. The van der Waals surface area contributed by atoms with Crippen molar-refractivity contribution in [3.63, 3.8) is 0 Å². The first kappa shape index (κ1) is 15.1. The summed E-state index contributed by atoms with van der Waals surface area (Å²) in [5.74, 6) is 0.00718. The number of hydrogen-bond donors (Lipinski definition) is 2. The number of rotatable bonds is 9. The van der Waals surface area contributed by atoms with Gasteiger partial charge in [-0.2, -0.15) is 0 Å². The molecular formula is C11H19N5O3. The molecule has 0 spiro atoms. The van der Waals surface area contributed by atoms with E-state index in [2.05, 4.69) is 22.2 Å². The van der Waals surface area contributed by atoms with Crippen molar-refractivity contribution < 1.29 is 9.66 Å². The van der Waals surface area contributed by atoms with Gasteiger partial charge in [-0.3, -0.25) is 10.1 Å². The van der Waals surface area contributed by atoms with Crippen LogP contribution in [0.1, 0.15) is 26.2 Å². The molecule has 19 heavy (non-hydrogen) atoms. The van der Waals surface area contributed by atoms with Gasteiger partial charge < -0.3 is 15.8 Å². The van der Waals surface area contributed by atoms with Gasteiger partial charge in [-0.05, 0) is 12.8 Å². The molecule has 1 aromatic heterocycles. The Bertz CT molecular complexity index is 413. The van der Waals surface area contributed by atoms with Crippen molar-refractivity contribution in [2.24, 2.45) is 0 Å². The maximum atomic E-state index is 10.8. The van der Waals surface area contributed by atoms with Crippen molar-refractivity contribution >= 4 is 17.3 Å². The maximum absolute atomic E-state index is 10.8. The summed E-state index contributed by atoms with van der Waals surface area (Å²) in [5.41, 5.74) is 5.17. The molecule has 0 saturated carbocycles. The predicted octanol–water partition coefficient (Wildman–Crippen LogP) is 1.59. The van der Waals surface area contributed by atoms with E-state index in [9.17, 15) is 10.1 Å². The molecule has 8 heteroatoms. The average molecular weight is 269 g/mol. The highest BCUT2D eigenvalue weighted by Gasteiger charge is 2.20. The third-order valence-corrected chi connectivity index (χ3v) is 2.43. The van der Waals surface area contributed by atoms with Gasteiger partial charge in [0.05, 0.1) is 4.92 Å². The van der Waals surface area contributed by atoms with Crippen molar-refractivity contribution in [1.29, 1.82) is 0 Å². The third-order valence-electron chi connectivity index (χ3n) is 2.43. The molecule has 0 bridgehead atoms. The molecule has 8 nitrogen and oxygen atoms in total. The Morgan fingerprint density at radius 3 is 2.84 bits per heavy atom. The molecule has 0 radical (unpaired) electrons. The smallest absolute Gasteiger partial charge is 0.352 e. The highest BCUT2D eigenvalue weighted by Crippen LogP contribution is 2.25. The van der Waals surface area contributed by atoms with Crippen LogP contribution in [0.4, 0.5) is 17.3 Å². The Morgan fingerprint density at radius 2 is 2.16 bits per heavy atom. The topological polar surface area (TPSA) is 116 Å². The Morgan fingerprint density at radius 1 is 1.42 bits per heavy atom. The van der Waals surface area contributed by atoms with Gasteiger partial charge >= 0.3 is 5.69 Å². The highest BCUT2D eigenvalue weighted by atomic mass is 16.6. The Hall–Kier alpha value is -1.96. The fraction of sp³-hybridized carbons (Fsp3) is 0.636. The van der Waals surface area contributed by atoms with Crippen LogP contribution in [-0.4, -0.2) is 34.6 Å². The van der Waals surface area contributed by atoms with Crippen LogP contribution in [0, 0.1) is 10.1 Å². The maximum Gasteiger partial charge on any atom is 0.352 e. The summed E-state index contributed by atoms with van der Waals surface area (Å²) in [6.07, 6.45) is 4.08. The lowest BCUT2D eigenvalue weighted by molar-refractivity contribution is -0.383. The SMILES string of the molecule is CCCCOCCCNc1ncnc(N)c1[N+](=O)[O-]. The second-order valence-electron chi connectivity index (χ2n) is 3.96. The van der Waals surface area contributed by atoms with Crippen molar-refractivity contribution in [2.45, 2.75) is 26.2 Å². The number of nitrogens with one attached hydrogen (secondary N) is 1. The number of nitrogens with zero attached hydrogens (tertiary/aromatic N) is 3. The molecule has 0 aliphatic rings. The fourth-order valence-corrected chi connectivity index (χ4v) is 1.43. The molecule has 0 amide bonds. The number of hydrogen-bond acceptors (Lipinski definition) is 7. The zero-order valence-corrected chi connectivity index (χ0v) is 11.0. The van der Waals surface area contributed by atoms with E-state index in [-0.39, 0.29) is 17.3 Å². The van der Waals surface area contributed by atoms with Gasteiger partial charge in [-0.1, -0.05) is 13.3 Å². The first-order valence-electron chi connectivity index (χ1n) is 6.23. The zero-order chi connectivity index (χ0) is 14.1. The van der Waals surface area contributed by atoms with Crippen LogP contribution in [-0.2, 0) is 4.74 Å². The van der Waals surface area contributed by atoms with Crippen LogP contribution < -0.4 is 11.1 Å². The summed E-state index contributed by atoms with van der Waals surface area (Å²) in [6.45, 7) is 3.99. The number of nitrogens with two attached hydrogens (primary N) is 1. The first-order chi connectivity index (χ1) is 9.16. The van der Waals surface area contributed by atoms with E-state index in [1.165, 1.54) is 6.33 Å². The molecule has 106 valence electrons. The van der Waals surface area contributed by atoms with E-state index >= 15 is 0 Å². The van der Waals surface area contributed by atoms with Crippen LogP contribution in [0.5, 0.6) is 0 Å². The Labute approximate surface area is 111 Å². The van der Waals surface area contributed by atoms with E-state index in [0.717, 1.165) is 25.9 Å². The summed E-state index contributed by atoms with van der Waals surface area (Å²) in [6, 6.07) is 0. The van der Waals surface area contributed by atoms with E-state index in [1.54, 1.807) is 0 Å². The lowest BCUT2D eigenvalue weighted by atomic mass is 10.3. The molecule has 1 heterocycles. The minimum absolute atomic E-state index is 0.137. The van der Waals surface area contributed by atoms with Crippen molar-refractivity contribution in [3.8, 4) is 0 Å². The van der Waals surface area contributed by atoms with Crippen LogP contribution in [0.2, 0.25) is 0 Å². The number of unbranched alkanes of at least 4 members (excludes halogenated alkanes) is 1. The minimum atomic E-state index is -0.588. The lowest BCUT2D eigenvalue weighted by Crippen LogP contribution is -2.11. The lowest BCUT2D eigenvalue weighted by Gasteiger charge is -2.07. The summed E-state index contributed by atoms with van der Waals surface area (Å²) < 4.78 is 5.38. The van der Waals surface area contributed by atoms with Crippen molar-refractivity contribution in [3.05, 3.63) is 16.4 Å². The summed E-state index contributed by atoms with van der Waals surface area (Å²) in [7, 11) is 0. The normalized spacial score (nSPS) is 10.4. The Balaban J connectivity index is 2.37. The zero-order valence-electron chi connectivity index (χ0n) is 11.0. The minimum Gasteiger partial charge on any atom is -0.381 e. The molecule has 0 aliphatic heterocycles. The van der Waals surface area contributed by atoms with Gasteiger partial charge in [0.15, 0.2) is 0 Å². The van der Waals surface area contributed by atoms with Gasteiger partial charge in [-0.25, -0.2) is 9.97 Å². The molecule has 1 rings (SSSR count). The van der Waals surface area contributed by atoms with Gasteiger partial charge in [0.1, 0.15) is 6.33 Å². The number of ether oxygens (including phenoxy) is 1. The van der Waals surface area contributed by atoms with E-state index < -0.39 is 4.92 Å². The molecular weight excluding hydrogens is 250 g/mol. The molecule has 0 aromatic carbocycles. The first-order valence-corrected chi connectivity index (χ1v) is 6.23. The van der Waals surface area contributed by atoms with E-state index in [1.807, 2.05) is 0 Å². The largest absolute Gasteiger partial charge is 0.381 e. The molecule has 1 aromatic rings. The highest BCUT2D eigenvalue weighted by molar-refractivity contribution is 5.67. The van der Waals surface area contributed by atoms with Crippen LogP contribution in [0.15, 0.2) is 6.33 Å². The number of nitrogen functional groups attached to an aromatic ring is 1. The second-order valence-corrected chi connectivity index (χ2v) is 3.96. The molecule has 3 N–H and O–H groups in total. The number of aromatic nitrogens is 2. The van der Waals surface area contributed by atoms with E-state index in [0.29, 0.717) is 13.2 Å². The van der Waals surface area contributed by atoms with Gasteiger partial charge in [0, 0.05) is 19.8 Å². The molecule has 0 unspecified atom stereocenters. The molecule has 0 atom stereocenters. The molecule has 0 saturated heterocycles. The van der Waals surface area contributed by atoms with Crippen LogP contribution >= 0.6 is 0 Å². The second kappa shape index (κ2) is 8.20. The number of nitro groups is 1. The predicted molar refractivity (Wildman–Crippen MR) is 71.9 cm³/mol. The summed E-state index contributed by atoms with van der Waals surface area (Å²) in [4.78, 5) is 17.7. The van der Waals surface area contributed by atoms with E-state index in [4.69, 9.17) is 10.5 Å². The standard InChI is InChI=1S/C11H19N5O3/c1-2-3-6-19-7-4-5-13-11-9(16(17)18)10(12)14-8-15-11/h8H,2-7H2,1H3,(H3,12,13,14,15). The van der Waals surface area contributed by atoms with Gasteiger partial charge in [-0.15, -0.1) is 0 Å². The average Bonchev–Trinajstić information content (AvgIpc) is 2.37. The molecule has 0 fully saturated rings. The van der Waals surface area contributed by atoms with Gasteiger partial charge in [0.25, 0.3) is 0 Å². The summed E-state index contributed by atoms with van der Waals surface area (Å²) >= 11 is 0. The third kappa shape index (κ3) is 5.04. The molecule has 0 aliphatic carbocycles. The Kier molecular flexibility index (Phi) is 6.51.